The van der Waals surface area contributed by atoms with E-state index in [0.29, 0.717) is 18.5 Å². The second-order valence-electron chi connectivity index (χ2n) is 8.62. The number of aliphatic imine (C=N–C) groups is 1. The summed E-state index contributed by atoms with van der Waals surface area (Å²) in [6.45, 7) is 13.2. The number of hydrogen-bond donors (Lipinski definition) is 1. The van der Waals surface area contributed by atoms with E-state index in [1.54, 1.807) is 0 Å². The zero-order valence-corrected chi connectivity index (χ0v) is 20.2. The SMILES string of the molecule is CN=C(NCC1CN2CCN1CC2)N1CCN(CC(=O)N2CCCCC2)CC1.I. The number of amides is 1. The first-order chi connectivity index (χ1) is 13.7. The second-order valence-corrected chi connectivity index (χ2v) is 8.62. The molecule has 1 N–H and O–H groups in total. The number of piperazine rings is 4. The Morgan fingerprint density at radius 2 is 1.59 bits per heavy atom. The van der Waals surface area contributed by atoms with Crippen molar-refractivity contribution in [2.24, 2.45) is 4.99 Å². The van der Waals surface area contributed by atoms with Crippen LogP contribution in [0.3, 0.4) is 0 Å². The Hall–Kier alpha value is -0.650. The van der Waals surface area contributed by atoms with Crippen LogP contribution in [0.15, 0.2) is 4.99 Å². The molecule has 5 rings (SSSR count). The van der Waals surface area contributed by atoms with Crippen molar-refractivity contribution in [2.45, 2.75) is 25.3 Å². The summed E-state index contributed by atoms with van der Waals surface area (Å²) in [5, 5.41) is 3.61. The van der Waals surface area contributed by atoms with Crippen molar-refractivity contribution in [3.05, 3.63) is 0 Å². The Morgan fingerprint density at radius 3 is 2.17 bits per heavy atom. The normalized spacial score (nSPS) is 30.8. The zero-order chi connectivity index (χ0) is 19.3. The van der Waals surface area contributed by atoms with Crippen LogP contribution in [0.5, 0.6) is 0 Å². The van der Waals surface area contributed by atoms with E-state index in [1.165, 1.54) is 39.1 Å². The van der Waals surface area contributed by atoms with Gasteiger partial charge in [0.15, 0.2) is 5.96 Å². The molecule has 5 fully saturated rings. The smallest absolute Gasteiger partial charge is 0.236 e. The maximum atomic E-state index is 12.5. The predicted molar refractivity (Wildman–Crippen MR) is 127 cm³/mol. The third-order valence-corrected chi connectivity index (χ3v) is 6.84. The first-order valence-electron chi connectivity index (χ1n) is 11.1. The van der Waals surface area contributed by atoms with E-state index in [9.17, 15) is 4.79 Å². The van der Waals surface area contributed by atoms with Gasteiger partial charge in [0.2, 0.25) is 5.91 Å². The monoisotopic (exact) mass is 519 g/mol. The molecule has 166 valence electrons. The molecular formula is C20H38IN7O. The van der Waals surface area contributed by atoms with Gasteiger partial charge in [-0.2, -0.15) is 0 Å². The van der Waals surface area contributed by atoms with Crippen molar-refractivity contribution >= 4 is 35.8 Å². The molecule has 1 atom stereocenters. The van der Waals surface area contributed by atoms with Crippen LogP contribution in [0.25, 0.3) is 0 Å². The molecule has 0 aliphatic carbocycles. The highest BCUT2D eigenvalue weighted by Crippen LogP contribution is 2.15. The van der Waals surface area contributed by atoms with Gasteiger partial charge in [0.25, 0.3) is 0 Å². The van der Waals surface area contributed by atoms with E-state index < -0.39 is 0 Å². The molecule has 5 saturated heterocycles. The summed E-state index contributed by atoms with van der Waals surface area (Å²) >= 11 is 0. The predicted octanol–water partition coefficient (Wildman–Crippen LogP) is -0.190. The summed E-state index contributed by atoms with van der Waals surface area (Å²) in [6, 6.07) is 0.600. The molecule has 0 radical (unpaired) electrons. The summed E-state index contributed by atoms with van der Waals surface area (Å²) in [5.41, 5.74) is 0. The van der Waals surface area contributed by atoms with Crippen LogP contribution in [0.1, 0.15) is 19.3 Å². The molecule has 29 heavy (non-hydrogen) atoms. The topological polar surface area (TPSA) is 57.7 Å². The maximum absolute atomic E-state index is 12.5. The molecule has 0 aromatic rings. The average Bonchev–Trinajstić information content (AvgIpc) is 2.76. The van der Waals surface area contributed by atoms with Crippen LogP contribution in [0.4, 0.5) is 0 Å². The van der Waals surface area contributed by atoms with Gasteiger partial charge < -0.3 is 15.1 Å². The number of hydrogen-bond acceptors (Lipinski definition) is 5. The van der Waals surface area contributed by atoms with Crippen molar-refractivity contribution in [3.63, 3.8) is 0 Å². The number of nitrogens with one attached hydrogen (secondary N) is 1. The molecule has 0 aromatic carbocycles. The minimum Gasteiger partial charge on any atom is -0.355 e. The Labute approximate surface area is 192 Å². The average molecular weight is 519 g/mol. The standard InChI is InChI=1S/C20H37N7O.HI/c1-21-20(22-15-18-16-23-7-11-25(18)12-8-23)27-13-9-24(10-14-27)17-19(28)26-5-3-2-4-6-26;/h18H,2-17H2,1H3,(H,21,22);1H. The fourth-order valence-electron chi connectivity index (χ4n) is 5.01. The van der Waals surface area contributed by atoms with E-state index in [0.717, 1.165) is 64.6 Å². The van der Waals surface area contributed by atoms with Crippen LogP contribution in [-0.2, 0) is 4.79 Å². The van der Waals surface area contributed by atoms with Gasteiger partial charge in [0.05, 0.1) is 6.54 Å². The van der Waals surface area contributed by atoms with Crippen molar-refractivity contribution in [1.29, 1.82) is 0 Å². The highest BCUT2D eigenvalue weighted by atomic mass is 127. The lowest BCUT2D eigenvalue weighted by Gasteiger charge is -2.47. The Morgan fingerprint density at radius 1 is 0.897 bits per heavy atom. The summed E-state index contributed by atoms with van der Waals surface area (Å²) in [5.74, 6) is 1.33. The number of carbonyl (C=O) groups excluding carboxylic acids is 1. The van der Waals surface area contributed by atoms with Crippen LogP contribution in [0, 0.1) is 0 Å². The number of likely N-dealkylation sites (tertiary alicyclic amines) is 1. The molecule has 2 bridgehead atoms. The molecule has 1 unspecified atom stereocenters. The summed E-state index contributed by atoms with van der Waals surface area (Å²) in [7, 11) is 1.88. The summed E-state index contributed by atoms with van der Waals surface area (Å²) in [6.07, 6.45) is 3.60. The molecule has 5 aliphatic heterocycles. The highest BCUT2D eigenvalue weighted by Gasteiger charge is 2.32. The summed E-state index contributed by atoms with van der Waals surface area (Å²) < 4.78 is 0. The lowest BCUT2D eigenvalue weighted by atomic mass is 10.1. The highest BCUT2D eigenvalue weighted by molar-refractivity contribution is 14.0. The van der Waals surface area contributed by atoms with Crippen molar-refractivity contribution in [3.8, 4) is 0 Å². The van der Waals surface area contributed by atoms with E-state index >= 15 is 0 Å². The molecule has 0 saturated carbocycles. The van der Waals surface area contributed by atoms with Gasteiger partial charge in [-0.1, -0.05) is 0 Å². The third-order valence-electron chi connectivity index (χ3n) is 6.84. The van der Waals surface area contributed by atoms with Gasteiger partial charge in [-0.3, -0.25) is 24.5 Å². The van der Waals surface area contributed by atoms with Crippen LogP contribution >= 0.6 is 24.0 Å². The van der Waals surface area contributed by atoms with E-state index in [1.807, 2.05) is 7.05 Å². The van der Waals surface area contributed by atoms with Gasteiger partial charge >= 0.3 is 0 Å². The Kier molecular flexibility index (Phi) is 8.82. The molecule has 5 aliphatic rings. The van der Waals surface area contributed by atoms with Crippen molar-refractivity contribution < 1.29 is 4.79 Å². The largest absolute Gasteiger partial charge is 0.355 e. The van der Waals surface area contributed by atoms with Gasteiger partial charge in [-0.05, 0) is 19.3 Å². The Bertz CT molecular complexity index is 553. The van der Waals surface area contributed by atoms with E-state index in [4.69, 9.17) is 0 Å². The third kappa shape index (κ3) is 5.95. The first-order valence-corrected chi connectivity index (χ1v) is 11.1. The van der Waals surface area contributed by atoms with Crippen LogP contribution in [-0.4, -0.2) is 135 Å². The fourth-order valence-corrected chi connectivity index (χ4v) is 5.01. The maximum Gasteiger partial charge on any atom is 0.236 e. The second kappa shape index (κ2) is 11.1. The molecule has 0 aromatic heterocycles. The van der Waals surface area contributed by atoms with Gasteiger partial charge in [0, 0.05) is 91.6 Å². The molecule has 9 heteroatoms. The number of rotatable bonds is 4. The Balaban J connectivity index is 0.00000240. The zero-order valence-electron chi connectivity index (χ0n) is 17.9. The van der Waals surface area contributed by atoms with Crippen molar-refractivity contribution in [2.75, 3.05) is 92.1 Å². The molecule has 5 heterocycles. The molecular weight excluding hydrogens is 481 g/mol. The van der Waals surface area contributed by atoms with Crippen LogP contribution in [0.2, 0.25) is 0 Å². The van der Waals surface area contributed by atoms with Gasteiger partial charge in [-0.15, -0.1) is 24.0 Å². The van der Waals surface area contributed by atoms with Gasteiger partial charge in [0.1, 0.15) is 0 Å². The van der Waals surface area contributed by atoms with E-state index in [-0.39, 0.29) is 24.0 Å². The first kappa shape index (κ1) is 23.0. The number of piperidine rings is 1. The van der Waals surface area contributed by atoms with E-state index in [2.05, 4.69) is 34.8 Å². The molecule has 8 nitrogen and oxygen atoms in total. The number of nitrogens with zero attached hydrogens (tertiary/aromatic N) is 6. The van der Waals surface area contributed by atoms with Crippen molar-refractivity contribution in [1.82, 2.24) is 29.8 Å². The van der Waals surface area contributed by atoms with Crippen LogP contribution < -0.4 is 5.32 Å². The fraction of sp³-hybridized carbons (Fsp3) is 0.900. The number of guanidine groups is 1. The number of carbonyl (C=O) groups is 1. The lowest BCUT2D eigenvalue weighted by Crippen LogP contribution is -2.64. The lowest BCUT2D eigenvalue weighted by molar-refractivity contribution is -0.133. The minimum atomic E-state index is 0. The number of halogens is 1. The number of fused-ring (bicyclic) bond motifs is 3. The summed E-state index contributed by atoms with van der Waals surface area (Å²) in [4.78, 5) is 28.9. The molecule has 0 spiro atoms. The minimum absolute atomic E-state index is 0. The quantitative estimate of drug-likeness (QED) is 0.316. The van der Waals surface area contributed by atoms with Gasteiger partial charge in [-0.25, -0.2) is 0 Å². The molecule has 1 amide bonds.